The summed E-state index contributed by atoms with van der Waals surface area (Å²) in [5, 5.41) is 6.04. The Bertz CT molecular complexity index is 859. The van der Waals surface area contributed by atoms with E-state index < -0.39 is 0 Å². The summed E-state index contributed by atoms with van der Waals surface area (Å²) in [6.45, 7) is 3.16. The molecule has 4 nitrogen and oxygen atoms in total. The van der Waals surface area contributed by atoms with Gasteiger partial charge < -0.3 is 14.8 Å². The van der Waals surface area contributed by atoms with Gasteiger partial charge in [-0.15, -0.1) is 11.3 Å². The standard InChI is InChI=1S/C19H18BrFN2O2S/c1-2-24-17-10-13(11-23-19-22-7-8-26-19)9-15(20)18(17)25-12-14-5-3-4-6-16(14)21/h3-10H,2,11-12H2,1H3,(H,22,23). The number of nitrogens with one attached hydrogen (secondary N) is 1. The van der Waals surface area contributed by atoms with Gasteiger partial charge in [0.15, 0.2) is 16.6 Å². The van der Waals surface area contributed by atoms with Crippen molar-refractivity contribution in [2.45, 2.75) is 20.1 Å². The van der Waals surface area contributed by atoms with Crippen LogP contribution in [0.25, 0.3) is 0 Å². The van der Waals surface area contributed by atoms with Gasteiger partial charge in [0.25, 0.3) is 0 Å². The lowest BCUT2D eigenvalue weighted by Crippen LogP contribution is -2.04. The topological polar surface area (TPSA) is 43.4 Å². The van der Waals surface area contributed by atoms with Crippen LogP contribution in [-0.4, -0.2) is 11.6 Å². The molecule has 1 N–H and O–H groups in total. The maximum absolute atomic E-state index is 13.8. The number of anilines is 1. The van der Waals surface area contributed by atoms with Crippen LogP contribution in [0.1, 0.15) is 18.1 Å². The molecule has 0 aliphatic rings. The van der Waals surface area contributed by atoms with Gasteiger partial charge in [-0.2, -0.15) is 0 Å². The molecular weight excluding hydrogens is 419 g/mol. The van der Waals surface area contributed by atoms with Gasteiger partial charge in [-0.25, -0.2) is 9.37 Å². The molecule has 0 bridgehead atoms. The molecule has 0 unspecified atom stereocenters. The Labute approximate surface area is 164 Å². The molecule has 3 rings (SSSR count). The average Bonchev–Trinajstić information content (AvgIpc) is 3.14. The first kappa shape index (κ1) is 18.7. The first-order chi connectivity index (χ1) is 12.7. The number of nitrogens with zero attached hydrogens (tertiary/aromatic N) is 1. The summed E-state index contributed by atoms with van der Waals surface area (Å²) in [6, 6.07) is 10.4. The van der Waals surface area contributed by atoms with Crippen LogP contribution in [0.2, 0.25) is 0 Å². The van der Waals surface area contributed by atoms with Crippen LogP contribution in [0.5, 0.6) is 11.5 Å². The predicted molar refractivity (Wildman–Crippen MR) is 105 cm³/mol. The number of hydrogen-bond acceptors (Lipinski definition) is 5. The van der Waals surface area contributed by atoms with Crippen molar-refractivity contribution in [3.05, 3.63) is 69.4 Å². The van der Waals surface area contributed by atoms with Crippen molar-refractivity contribution in [1.29, 1.82) is 0 Å². The van der Waals surface area contributed by atoms with Gasteiger partial charge >= 0.3 is 0 Å². The zero-order valence-corrected chi connectivity index (χ0v) is 16.6. The van der Waals surface area contributed by atoms with Crippen molar-refractivity contribution in [1.82, 2.24) is 4.98 Å². The third-order valence-electron chi connectivity index (χ3n) is 3.58. The highest BCUT2D eigenvalue weighted by Crippen LogP contribution is 2.37. The maximum Gasteiger partial charge on any atom is 0.182 e. The molecule has 26 heavy (non-hydrogen) atoms. The van der Waals surface area contributed by atoms with Crippen molar-refractivity contribution in [2.24, 2.45) is 0 Å². The minimum atomic E-state index is -0.286. The van der Waals surface area contributed by atoms with Gasteiger partial charge in [-0.05, 0) is 46.6 Å². The second kappa shape index (κ2) is 9.00. The van der Waals surface area contributed by atoms with Crippen LogP contribution in [-0.2, 0) is 13.2 Å². The van der Waals surface area contributed by atoms with E-state index in [-0.39, 0.29) is 12.4 Å². The fourth-order valence-electron chi connectivity index (χ4n) is 2.38. The molecule has 0 spiro atoms. The first-order valence-corrected chi connectivity index (χ1v) is 9.79. The van der Waals surface area contributed by atoms with Crippen molar-refractivity contribution < 1.29 is 13.9 Å². The Morgan fingerprint density at radius 1 is 1.23 bits per heavy atom. The highest BCUT2D eigenvalue weighted by molar-refractivity contribution is 9.10. The zero-order chi connectivity index (χ0) is 18.4. The minimum absolute atomic E-state index is 0.127. The Hall–Kier alpha value is -2.12. The van der Waals surface area contributed by atoms with Gasteiger partial charge in [0.2, 0.25) is 0 Å². The van der Waals surface area contributed by atoms with Gasteiger partial charge in [0.05, 0.1) is 11.1 Å². The van der Waals surface area contributed by atoms with E-state index in [4.69, 9.17) is 9.47 Å². The summed E-state index contributed by atoms with van der Waals surface area (Å²) in [4.78, 5) is 4.21. The monoisotopic (exact) mass is 436 g/mol. The molecule has 0 atom stereocenters. The highest BCUT2D eigenvalue weighted by Gasteiger charge is 2.14. The number of ether oxygens (including phenoxy) is 2. The lowest BCUT2D eigenvalue weighted by Gasteiger charge is -2.16. The molecule has 0 fully saturated rings. The van der Waals surface area contributed by atoms with Crippen LogP contribution in [0.3, 0.4) is 0 Å². The number of thiazole rings is 1. The van der Waals surface area contributed by atoms with Gasteiger partial charge in [-0.1, -0.05) is 18.2 Å². The molecule has 0 aliphatic carbocycles. The van der Waals surface area contributed by atoms with E-state index in [2.05, 4.69) is 26.2 Å². The minimum Gasteiger partial charge on any atom is -0.490 e. The molecular formula is C19H18BrFN2O2S. The van der Waals surface area contributed by atoms with Crippen molar-refractivity contribution in [3.63, 3.8) is 0 Å². The molecule has 136 valence electrons. The molecule has 0 saturated heterocycles. The Morgan fingerprint density at radius 3 is 2.81 bits per heavy atom. The third kappa shape index (κ3) is 4.74. The van der Waals surface area contributed by atoms with Gasteiger partial charge in [0, 0.05) is 23.7 Å². The second-order valence-corrected chi connectivity index (χ2v) is 7.16. The third-order valence-corrected chi connectivity index (χ3v) is 4.89. The molecule has 0 amide bonds. The van der Waals surface area contributed by atoms with Gasteiger partial charge in [0.1, 0.15) is 12.4 Å². The van der Waals surface area contributed by atoms with E-state index in [1.807, 2.05) is 24.4 Å². The largest absolute Gasteiger partial charge is 0.490 e. The molecule has 2 aromatic carbocycles. The number of hydrogen-bond donors (Lipinski definition) is 1. The quantitative estimate of drug-likeness (QED) is 0.496. The lowest BCUT2D eigenvalue weighted by atomic mass is 10.2. The molecule has 1 aromatic heterocycles. The molecule has 0 radical (unpaired) electrons. The maximum atomic E-state index is 13.8. The van der Waals surface area contributed by atoms with E-state index >= 15 is 0 Å². The first-order valence-electron chi connectivity index (χ1n) is 8.12. The zero-order valence-electron chi connectivity index (χ0n) is 14.2. The van der Waals surface area contributed by atoms with E-state index in [1.54, 1.807) is 35.7 Å². The smallest absolute Gasteiger partial charge is 0.182 e. The van der Waals surface area contributed by atoms with E-state index in [0.29, 0.717) is 30.2 Å². The normalized spacial score (nSPS) is 10.6. The van der Waals surface area contributed by atoms with E-state index in [9.17, 15) is 4.39 Å². The summed E-state index contributed by atoms with van der Waals surface area (Å²) in [5.41, 5.74) is 1.52. The molecule has 0 aliphatic heterocycles. The lowest BCUT2D eigenvalue weighted by molar-refractivity contribution is 0.264. The van der Waals surface area contributed by atoms with E-state index in [0.717, 1.165) is 15.2 Å². The fourth-order valence-corrected chi connectivity index (χ4v) is 3.51. The molecule has 3 aromatic rings. The van der Waals surface area contributed by atoms with Crippen molar-refractivity contribution >= 4 is 32.4 Å². The molecule has 7 heteroatoms. The summed E-state index contributed by atoms with van der Waals surface area (Å²) < 4.78 is 26.1. The van der Waals surface area contributed by atoms with Crippen LogP contribution in [0, 0.1) is 5.82 Å². The van der Waals surface area contributed by atoms with Crippen LogP contribution in [0.15, 0.2) is 52.4 Å². The van der Waals surface area contributed by atoms with E-state index in [1.165, 1.54) is 6.07 Å². The molecule has 1 heterocycles. The summed E-state index contributed by atoms with van der Waals surface area (Å²) >= 11 is 5.08. The fraction of sp³-hybridized carbons (Fsp3) is 0.211. The van der Waals surface area contributed by atoms with Crippen LogP contribution >= 0.6 is 27.3 Å². The Kier molecular flexibility index (Phi) is 6.46. The van der Waals surface area contributed by atoms with Crippen molar-refractivity contribution in [2.75, 3.05) is 11.9 Å². The number of halogens is 2. The second-order valence-electron chi connectivity index (χ2n) is 5.41. The Morgan fingerprint density at radius 2 is 2.08 bits per heavy atom. The van der Waals surface area contributed by atoms with Crippen LogP contribution in [0.4, 0.5) is 9.52 Å². The highest BCUT2D eigenvalue weighted by atomic mass is 79.9. The van der Waals surface area contributed by atoms with Crippen LogP contribution < -0.4 is 14.8 Å². The molecule has 0 saturated carbocycles. The number of benzene rings is 2. The SMILES string of the molecule is CCOc1cc(CNc2nccs2)cc(Br)c1OCc1ccccc1F. The number of rotatable bonds is 8. The summed E-state index contributed by atoms with van der Waals surface area (Å²) in [7, 11) is 0. The Balaban J connectivity index is 1.76. The number of aromatic nitrogens is 1. The predicted octanol–water partition coefficient (Wildman–Crippen LogP) is 5.63. The van der Waals surface area contributed by atoms with Gasteiger partial charge in [-0.3, -0.25) is 0 Å². The van der Waals surface area contributed by atoms with Crippen molar-refractivity contribution in [3.8, 4) is 11.5 Å². The summed E-state index contributed by atoms with van der Waals surface area (Å²) in [5.74, 6) is 0.896. The summed E-state index contributed by atoms with van der Waals surface area (Å²) in [6.07, 6.45) is 1.76. The average molecular weight is 437 g/mol.